The zero-order valence-electron chi connectivity index (χ0n) is 12.6. The molecule has 1 heterocycles. The number of nitrogens with one attached hydrogen (secondary N) is 2. The van der Waals surface area contributed by atoms with Crippen LogP contribution in [0.1, 0.15) is 33.1 Å². The number of hydrogen-bond donors (Lipinski definition) is 2. The molecule has 0 bridgehead atoms. The summed E-state index contributed by atoms with van der Waals surface area (Å²) in [6.07, 6.45) is 6.00. The zero-order chi connectivity index (χ0) is 15.0. The van der Waals surface area contributed by atoms with E-state index in [4.69, 9.17) is 0 Å². The minimum atomic E-state index is -3.42. The van der Waals surface area contributed by atoms with Crippen molar-refractivity contribution in [2.24, 2.45) is 5.92 Å². The Hall–Kier alpha value is -0.920. The summed E-state index contributed by atoms with van der Waals surface area (Å²) in [4.78, 5) is 0.234. The molecule has 0 spiro atoms. The fourth-order valence-corrected chi connectivity index (χ4v) is 2.83. The molecule has 0 atom stereocenters. The van der Waals surface area contributed by atoms with Gasteiger partial charge in [-0.25, -0.2) is 13.1 Å². The van der Waals surface area contributed by atoms with E-state index in [9.17, 15) is 8.42 Å². The molecule has 1 aromatic heterocycles. The highest BCUT2D eigenvalue weighted by Gasteiger charge is 2.15. The smallest absolute Gasteiger partial charge is 0.243 e. The Morgan fingerprint density at radius 3 is 2.70 bits per heavy atom. The lowest BCUT2D eigenvalue weighted by Crippen LogP contribution is -2.24. The van der Waals surface area contributed by atoms with Crippen LogP contribution < -0.4 is 10.0 Å². The molecule has 0 saturated carbocycles. The van der Waals surface area contributed by atoms with Crippen LogP contribution in [0.5, 0.6) is 0 Å². The van der Waals surface area contributed by atoms with Crippen LogP contribution in [0.3, 0.4) is 0 Å². The second kappa shape index (κ2) is 8.39. The molecule has 0 amide bonds. The Labute approximate surface area is 122 Å². The van der Waals surface area contributed by atoms with Gasteiger partial charge in [0.25, 0.3) is 0 Å². The molecule has 6 nitrogen and oxygen atoms in total. The molecule has 0 aliphatic rings. The molecule has 20 heavy (non-hydrogen) atoms. The quantitative estimate of drug-likeness (QED) is 0.637. The van der Waals surface area contributed by atoms with Gasteiger partial charge in [-0.3, -0.25) is 4.68 Å². The van der Waals surface area contributed by atoms with Gasteiger partial charge in [0.1, 0.15) is 4.90 Å². The van der Waals surface area contributed by atoms with Crippen molar-refractivity contribution in [3.05, 3.63) is 12.4 Å². The van der Waals surface area contributed by atoms with E-state index in [1.165, 1.54) is 6.20 Å². The number of aromatic nitrogens is 2. The van der Waals surface area contributed by atoms with Gasteiger partial charge >= 0.3 is 0 Å². The van der Waals surface area contributed by atoms with Gasteiger partial charge in [-0.2, -0.15) is 5.10 Å². The Balaban J connectivity index is 2.41. The number of unbranched alkanes of at least 4 members (excludes halogenated alkanes) is 1. The minimum Gasteiger partial charge on any atom is -0.318 e. The highest BCUT2D eigenvalue weighted by Crippen LogP contribution is 2.08. The zero-order valence-corrected chi connectivity index (χ0v) is 13.4. The number of nitrogens with zero attached hydrogens (tertiary/aromatic N) is 2. The summed E-state index contributed by atoms with van der Waals surface area (Å²) in [6.45, 7) is 6.23. The minimum absolute atomic E-state index is 0.234. The molecule has 2 N–H and O–H groups in total. The first kappa shape index (κ1) is 17.1. The lowest BCUT2D eigenvalue weighted by atomic mass is 10.1. The summed E-state index contributed by atoms with van der Waals surface area (Å²) in [5.41, 5.74) is 0. The van der Waals surface area contributed by atoms with Crippen LogP contribution in [-0.4, -0.2) is 38.3 Å². The second-order valence-electron chi connectivity index (χ2n) is 5.33. The van der Waals surface area contributed by atoms with Crippen LogP contribution in [-0.2, 0) is 16.6 Å². The third-order valence-electron chi connectivity index (χ3n) is 3.01. The second-order valence-corrected chi connectivity index (χ2v) is 7.10. The summed E-state index contributed by atoms with van der Waals surface area (Å²) in [5, 5.41) is 7.04. The summed E-state index contributed by atoms with van der Waals surface area (Å²) in [7, 11) is -1.57. The lowest BCUT2D eigenvalue weighted by Gasteiger charge is -2.06. The normalized spacial score (nSPS) is 12.2. The summed E-state index contributed by atoms with van der Waals surface area (Å²) < 4.78 is 28.3. The molecule has 0 aliphatic carbocycles. The number of likely N-dealkylation sites (N-methyl/N-ethyl adjacent to an activating group) is 1. The van der Waals surface area contributed by atoms with E-state index in [-0.39, 0.29) is 4.90 Å². The van der Waals surface area contributed by atoms with Crippen LogP contribution >= 0.6 is 0 Å². The van der Waals surface area contributed by atoms with Crippen molar-refractivity contribution in [2.75, 3.05) is 20.1 Å². The first-order valence-corrected chi connectivity index (χ1v) is 8.60. The lowest BCUT2D eigenvalue weighted by molar-refractivity contribution is 0.530. The summed E-state index contributed by atoms with van der Waals surface area (Å²) in [5.74, 6) is 0.664. The average molecular weight is 302 g/mol. The summed E-state index contributed by atoms with van der Waals surface area (Å²) >= 11 is 0. The largest absolute Gasteiger partial charge is 0.318 e. The third kappa shape index (κ3) is 6.02. The van der Waals surface area contributed by atoms with Crippen molar-refractivity contribution in [1.29, 1.82) is 0 Å². The molecule has 1 rings (SSSR count). The molecule has 116 valence electrons. The molecular weight excluding hydrogens is 276 g/mol. The van der Waals surface area contributed by atoms with E-state index < -0.39 is 10.0 Å². The maximum absolute atomic E-state index is 12.0. The van der Waals surface area contributed by atoms with Crippen molar-refractivity contribution in [3.8, 4) is 0 Å². The molecule has 0 aromatic carbocycles. The van der Waals surface area contributed by atoms with Gasteiger partial charge < -0.3 is 5.32 Å². The fourth-order valence-electron chi connectivity index (χ4n) is 1.80. The van der Waals surface area contributed by atoms with Crippen molar-refractivity contribution in [3.63, 3.8) is 0 Å². The Kier molecular flexibility index (Phi) is 7.18. The highest BCUT2D eigenvalue weighted by molar-refractivity contribution is 7.89. The topological polar surface area (TPSA) is 76.0 Å². The molecule has 1 aromatic rings. The van der Waals surface area contributed by atoms with Gasteiger partial charge in [0.05, 0.1) is 12.7 Å². The average Bonchev–Trinajstić information content (AvgIpc) is 2.85. The molecular formula is C13H26N4O2S. The van der Waals surface area contributed by atoms with Gasteiger partial charge in [0.15, 0.2) is 0 Å². The Morgan fingerprint density at radius 2 is 2.05 bits per heavy atom. The van der Waals surface area contributed by atoms with Crippen LogP contribution in [0, 0.1) is 5.92 Å². The summed E-state index contributed by atoms with van der Waals surface area (Å²) in [6, 6.07) is 0. The SMILES string of the molecule is CNCCn1cc(S(=O)(=O)NCCCCC(C)C)cn1. The third-order valence-corrected chi connectivity index (χ3v) is 4.43. The van der Waals surface area contributed by atoms with E-state index in [2.05, 4.69) is 29.0 Å². The Morgan fingerprint density at radius 1 is 1.30 bits per heavy atom. The van der Waals surface area contributed by atoms with Gasteiger partial charge in [0, 0.05) is 19.3 Å². The van der Waals surface area contributed by atoms with Crippen molar-refractivity contribution in [1.82, 2.24) is 19.8 Å². The Bertz CT molecular complexity index is 482. The first-order valence-electron chi connectivity index (χ1n) is 7.12. The van der Waals surface area contributed by atoms with Crippen LogP contribution in [0.4, 0.5) is 0 Å². The van der Waals surface area contributed by atoms with Gasteiger partial charge in [-0.05, 0) is 19.4 Å². The number of rotatable bonds is 10. The van der Waals surface area contributed by atoms with Crippen molar-refractivity contribution >= 4 is 10.0 Å². The molecule has 0 unspecified atom stereocenters. The molecule has 0 radical (unpaired) electrons. The van der Waals surface area contributed by atoms with E-state index in [1.807, 2.05) is 7.05 Å². The van der Waals surface area contributed by atoms with Crippen LogP contribution in [0.2, 0.25) is 0 Å². The monoisotopic (exact) mass is 302 g/mol. The number of hydrogen-bond acceptors (Lipinski definition) is 4. The fraction of sp³-hybridized carbons (Fsp3) is 0.769. The molecule has 0 fully saturated rings. The maximum Gasteiger partial charge on any atom is 0.243 e. The first-order chi connectivity index (χ1) is 9.45. The van der Waals surface area contributed by atoms with E-state index in [0.717, 1.165) is 25.8 Å². The molecule has 7 heteroatoms. The van der Waals surface area contributed by atoms with Gasteiger partial charge in [-0.15, -0.1) is 0 Å². The van der Waals surface area contributed by atoms with Crippen molar-refractivity contribution < 1.29 is 8.42 Å². The van der Waals surface area contributed by atoms with Crippen LogP contribution in [0.15, 0.2) is 17.3 Å². The predicted octanol–water partition coefficient (Wildman–Crippen LogP) is 1.21. The highest BCUT2D eigenvalue weighted by atomic mass is 32.2. The van der Waals surface area contributed by atoms with E-state index >= 15 is 0 Å². The van der Waals surface area contributed by atoms with E-state index in [1.54, 1.807) is 10.9 Å². The van der Waals surface area contributed by atoms with Crippen LogP contribution in [0.25, 0.3) is 0 Å². The van der Waals surface area contributed by atoms with Gasteiger partial charge in [-0.1, -0.05) is 26.7 Å². The molecule has 0 saturated heterocycles. The predicted molar refractivity (Wildman–Crippen MR) is 80.0 cm³/mol. The van der Waals surface area contributed by atoms with Gasteiger partial charge in [0.2, 0.25) is 10.0 Å². The van der Waals surface area contributed by atoms with E-state index in [0.29, 0.717) is 19.0 Å². The number of sulfonamides is 1. The maximum atomic E-state index is 12.0. The van der Waals surface area contributed by atoms with Crippen molar-refractivity contribution in [2.45, 2.75) is 44.6 Å². The molecule has 0 aliphatic heterocycles. The standard InChI is InChI=1S/C13H26N4O2S/c1-12(2)6-4-5-7-16-20(18,19)13-10-15-17(11-13)9-8-14-3/h10-12,14,16H,4-9H2,1-3H3.